The predicted molar refractivity (Wildman–Crippen MR) is 91.8 cm³/mol. The van der Waals surface area contributed by atoms with Crippen LogP contribution in [0.4, 0.5) is 5.82 Å². The topological polar surface area (TPSA) is 129 Å². The number of hydrogen-bond acceptors (Lipinski definition) is 10. The van der Waals surface area contributed by atoms with Crippen LogP contribution >= 0.6 is 0 Å². The fraction of sp³-hybridized carbons (Fsp3) is 0.562. The smallest absolute Gasteiger partial charge is 0.303 e. The first-order valence-corrected chi connectivity index (χ1v) is 8.28. The molecule has 0 aliphatic carbocycles. The maximum Gasteiger partial charge on any atom is 0.303 e. The lowest BCUT2D eigenvalue weighted by molar-refractivity contribution is -0.157. The van der Waals surface area contributed by atoms with Gasteiger partial charge in [-0.15, -0.1) is 0 Å². The van der Waals surface area contributed by atoms with Crippen LogP contribution < -0.4 is 4.90 Å². The largest absolute Gasteiger partial charge is 0.463 e. The molecule has 0 spiro atoms. The molecule has 2 aromatic rings. The number of aromatic nitrogens is 4. The van der Waals surface area contributed by atoms with Gasteiger partial charge in [0.25, 0.3) is 0 Å². The Bertz CT molecular complexity index is 853. The van der Waals surface area contributed by atoms with Gasteiger partial charge in [0.05, 0.1) is 6.33 Å². The van der Waals surface area contributed by atoms with Crippen LogP contribution in [0.2, 0.25) is 0 Å². The fourth-order valence-electron chi connectivity index (χ4n) is 2.97. The molecule has 3 heterocycles. The molecule has 1 aliphatic rings. The van der Waals surface area contributed by atoms with Gasteiger partial charge in [-0.25, -0.2) is 15.0 Å². The summed E-state index contributed by atoms with van der Waals surface area (Å²) in [7, 11) is 3.65. The normalized spacial score (nSPS) is 24.8. The van der Waals surface area contributed by atoms with Gasteiger partial charge in [-0.1, -0.05) is 0 Å². The van der Waals surface area contributed by atoms with Gasteiger partial charge in [-0.3, -0.25) is 14.2 Å². The number of ether oxygens (including phenoxy) is 3. The third-order valence-electron chi connectivity index (χ3n) is 4.10. The van der Waals surface area contributed by atoms with Gasteiger partial charge in [-0.2, -0.15) is 0 Å². The lowest BCUT2D eigenvalue weighted by atomic mass is 10.1. The number of carbonyl (C=O) groups is 2. The molecule has 0 radical (unpaired) electrons. The zero-order chi connectivity index (χ0) is 19.7. The maximum absolute atomic E-state index is 11.4. The summed E-state index contributed by atoms with van der Waals surface area (Å²) in [6.45, 7) is 2.32. The zero-order valence-corrected chi connectivity index (χ0v) is 15.4. The van der Waals surface area contributed by atoms with Crippen LogP contribution in [0.5, 0.6) is 0 Å². The van der Waals surface area contributed by atoms with E-state index in [0.29, 0.717) is 17.0 Å². The van der Waals surface area contributed by atoms with Crippen molar-refractivity contribution in [2.45, 2.75) is 38.4 Å². The number of carbonyl (C=O) groups excluding carboxylic acids is 2. The average molecular weight is 379 g/mol. The molecule has 11 heteroatoms. The van der Waals surface area contributed by atoms with Gasteiger partial charge >= 0.3 is 11.9 Å². The van der Waals surface area contributed by atoms with Crippen molar-refractivity contribution in [1.29, 1.82) is 0 Å². The Kier molecular flexibility index (Phi) is 5.24. The van der Waals surface area contributed by atoms with E-state index in [-0.39, 0.29) is 6.61 Å². The highest BCUT2D eigenvalue weighted by Crippen LogP contribution is 2.34. The second-order valence-electron chi connectivity index (χ2n) is 6.35. The van der Waals surface area contributed by atoms with Crippen molar-refractivity contribution >= 4 is 28.9 Å². The summed E-state index contributed by atoms with van der Waals surface area (Å²) in [6, 6.07) is 0. The first kappa shape index (κ1) is 19.0. The second-order valence-corrected chi connectivity index (χ2v) is 6.35. The van der Waals surface area contributed by atoms with E-state index < -0.39 is 36.5 Å². The number of rotatable bonds is 5. The number of aliphatic hydroxyl groups is 1. The van der Waals surface area contributed by atoms with Gasteiger partial charge in [0.1, 0.15) is 25.1 Å². The van der Waals surface area contributed by atoms with Crippen molar-refractivity contribution in [3.8, 4) is 0 Å². The Balaban J connectivity index is 1.94. The SMILES string of the molecule is CC(=O)OC[C@H]1O[C@@H](n2cnc3c(N(C)C)ncnc32)[C@H](O)[C@@H]1OC(C)=O. The van der Waals surface area contributed by atoms with Crippen LogP contribution in [0.15, 0.2) is 12.7 Å². The van der Waals surface area contributed by atoms with Gasteiger partial charge in [0, 0.05) is 27.9 Å². The zero-order valence-electron chi connectivity index (χ0n) is 15.4. The quantitative estimate of drug-likeness (QED) is 0.688. The number of hydrogen-bond donors (Lipinski definition) is 1. The monoisotopic (exact) mass is 379 g/mol. The Morgan fingerprint density at radius 3 is 2.63 bits per heavy atom. The van der Waals surface area contributed by atoms with Gasteiger partial charge in [0.15, 0.2) is 29.3 Å². The van der Waals surface area contributed by atoms with E-state index in [9.17, 15) is 14.7 Å². The molecule has 1 aliphatic heterocycles. The summed E-state index contributed by atoms with van der Waals surface area (Å²) in [4.78, 5) is 37.1. The summed E-state index contributed by atoms with van der Waals surface area (Å²) >= 11 is 0. The average Bonchev–Trinajstić information content (AvgIpc) is 3.14. The number of imidazole rings is 1. The highest BCUT2D eigenvalue weighted by Gasteiger charge is 2.48. The van der Waals surface area contributed by atoms with Crippen molar-refractivity contribution in [3.63, 3.8) is 0 Å². The standard InChI is InChI=1S/C16H21N5O6/c1-8(22)25-5-10-13(26-9(2)23)12(24)16(27-10)21-7-19-11-14(20(3)4)17-6-18-15(11)21/h6-7,10,12-13,16,24H,5H2,1-4H3/t10-,12-,13-,16-/m1/s1. The van der Waals surface area contributed by atoms with E-state index >= 15 is 0 Å². The second kappa shape index (κ2) is 7.45. The number of esters is 2. The molecule has 2 aromatic heterocycles. The van der Waals surface area contributed by atoms with Crippen LogP contribution in [0.1, 0.15) is 20.1 Å². The molecular weight excluding hydrogens is 358 g/mol. The molecule has 11 nitrogen and oxygen atoms in total. The van der Waals surface area contributed by atoms with Crippen molar-refractivity contribution < 1.29 is 28.9 Å². The van der Waals surface area contributed by atoms with Gasteiger partial charge in [-0.05, 0) is 0 Å². The van der Waals surface area contributed by atoms with Gasteiger partial charge in [0.2, 0.25) is 0 Å². The molecule has 3 rings (SSSR count). The lowest BCUT2D eigenvalue weighted by Crippen LogP contribution is -2.38. The van der Waals surface area contributed by atoms with E-state index in [1.807, 2.05) is 14.1 Å². The molecule has 0 unspecified atom stereocenters. The molecule has 0 saturated carbocycles. The molecule has 0 bridgehead atoms. The molecule has 4 atom stereocenters. The van der Waals surface area contributed by atoms with E-state index in [1.54, 1.807) is 9.47 Å². The van der Waals surface area contributed by atoms with Crippen LogP contribution in [-0.2, 0) is 23.8 Å². The van der Waals surface area contributed by atoms with Crippen molar-refractivity contribution in [2.24, 2.45) is 0 Å². The highest BCUT2D eigenvalue weighted by atomic mass is 16.6. The Labute approximate surface area is 154 Å². The summed E-state index contributed by atoms with van der Waals surface area (Å²) in [5.74, 6) is -0.474. The van der Waals surface area contributed by atoms with E-state index in [4.69, 9.17) is 14.2 Å². The van der Waals surface area contributed by atoms with Gasteiger partial charge < -0.3 is 24.2 Å². The molecule has 27 heavy (non-hydrogen) atoms. The fourth-order valence-corrected chi connectivity index (χ4v) is 2.97. The van der Waals surface area contributed by atoms with Crippen LogP contribution in [0, 0.1) is 0 Å². The number of anilines is 1. The lowest BCUT2D eigenvalue weighted by Gasteiger charge is -2.19. The molecule has 1 saturated heterocycles. The molecule has 0 aromatic carbocycles. The van der Waals surface area contributed by atoms with Crippen molar-refractivity contribution in [3.05, 3.63) is 12.7 Å². The minimum Gasteiger partial charge on any atom is -0.463 e. The Hall–Kier alpha value is -2.79. The number of fused-ring (bicyclic) bond motifs is 1. The molecule has 0 amide bonds. The van der Waals surface area contributed by atoms with Crippen LogP contribution in [-0.4, -0.2) is 75.6 Å². The molecular formula is C16H21N5O6. The predicted octanol–water partition coefficient (Wildman–Crippen LogP) is -0.355. The van der Waals surface area contributed by atoms with E-state index in [1.165, 1.54) is 26.5 Å². The van der Waals surface area contributed by atoms with Crippen molar-refractivity contribution in [1.82, 2.24) is 19.5 Å². The summed E-state index contributed by atoms with van der Waals surface area (Å²) in [5.41, 5.74) is 0.984. The first-order valence-electron chi connectivity index (χ1n) is 8.28. The minimum atomic E-state index is -1.20. The number of aliphatic hydroxyl groups excluding tert-OH is 1. The summed E-state index contributed by atoms with van der Waals surface area (Å²) < 4.78 is 17.5. The van der Waals surface area contributed by atoms with Crippen molar-refractivity contribution in [2.75, 3.05) is 25.6 Å². The van der Waals surface area contributed by atoms with E-state index in [0.717, 1.165) is 0 Å². The number of nitrogens with zero attached hydrogens (tertiary/aromatic N) is 5. The Morgan fingerprint density at radius 1 is 1.26 bits per heavy atom. The van der Waals surface area contributed by atoms with Crippen LogP contribution in [0.3, 0.4) is 0 Å². The maximum atomic E-state index is 11.4. The summed E-state index contributed by atoms with van der Waals surface area (Å²) in [5, 5.41) is 10.7. The van der Waals surface area contributed by atoms with Crippen LogP contribution in [0.25, 0.3) is 11.2 Å². The van der Waals surface area contributed by atoms with E-state index in [2.05, 4.69) is 15.0 Å². The molecule has 1 N–H and O–H groups in total. The first-order chi connectivity index (χ1) is 12.8. The highest BCUT2D eigenvalue weighted by molar-refractivity contribution is 5.83. The Morgan fingerprint density at radius 2 is 2.00 bits per heavy atom. The minimum absolute atomic E-state index is 0.161. The third-order valence-corrected chi connectivity index (χ3v) is 4.10. The summed E-state index contributed by atoms with van der Waals surface area (Å²) in [6.07, 6.45) is -1.10. The molecule has 1 fully saturated rings. The molecule has 146 valence electrons. The third kappa shape index (κ3) is 3.69.